The molecular weight excluding hydrogens is 486 g/mol. The summed E-state index contributed by atoms with van der Waals surface area (Å²) in [4.78, 5) is 19.0. The van der Waals surface area contributed by atoms with Crippen molar-refractivity contribution in [3.8, 4) is 11.3 Å². The number of aromatic nitrogens is 1. The number of hydrogen-bond acceptors (Lipinski definition) is 4. The molecule has 1 aliphatic heterocycles. The number of halogens is 4. The minimum atomic E-state index is -4.01. The van der Waals surface area contributed by atoms with E-state index < -0.39 is 51.6 Å². The third-order valence-electron chi connectivity index (χ3n) is 7.69. The highest BCUT2D eigenvalue weighted by Crippen LogP contribution is 2.62. The van der Waals surface area contributed by atoms with Gasteiger partial charge < -0.3 is 4.90 Å². The summed E-state index contributed by atoms with van der Waals surface area (Å²) in [5.41, 5.74) is 0.0745. The monoisotopic (exact) mass is 511 g/mol. The molecule has 0 bridgehead atoms. The maximum absolute atomic E-state index is 15.1. The molecule has 0 spiro atoms. The van der Waals surface area contributed by atoms with Gasteiger partial charge in [-0.3, -0.25) is 9.78 Å². The lowest BCUT2D eigenvalue weighted by atomic mass is 9.47. The number of nitrogens with zero attached hydrogens (tertiary/aromatic N) is 2. The molecular formula is C24H25F4N3O3S. The van der Waals surface area contributed by atoms with Crippen molar-refractivity contribution in [1.82, 2.24) is 14.6 Å². The minimum absolute atomic E-state index is 0.152. The second kappa shape index (κ2) is 8.26. The summed E-state index contributed by atoms with van der Waals surface area (Å²) in [6.07, 6.45) is 3.72. The molecule has 2 aliphatic carbocycles. The first-order chi connectivity index (χ1) is 16.4. The van der Waals surface area contributed by atoms with E-state index in [1.165, 1.54) is 6.07 Å². The Morgan fingerprint density at radius 1 is 1.14 bits per heavy atom. The van der Waals surface area contributed by atoms with Crippen LogP contribution < -0.4 is 4.72 Å². The van der Waals surface area contributed by atoms with E-state index in [-0.39, 0.29) is 29.5 Å². The van der Waals surface area contributed by atoms with Crippen LogP contribution in [0.25, 0.3) is 11.3 Å². The van der Waals surface area contributed by atoms with Gasteiger partial charge >= 0.3 is 0 Å². The van der Waals surface area contributed by atoms with Gasteiger partial charge in [0, 0.05) is 23.7 Å². The topological polar surface area (TPSA) is 79.4 Å². The fourth-order valence-corrected chi connectivity index (χ4v) is 6.55. The van der Waals surface area contributed by atoms with Gasteiger partial charge in [-0.15, -0.1) is 0 Å². The summed E-state index contributed by atoms with van der Waals surface area (Å²) >= 11 is 0. The quantitative estimate of drug-likeness (QED) is 0.602. The van der Waals surface area contributed by atoms with E-state index in [1.807, 2.05) is 4.72 Å². The fourth-order valence-electron chi connectivity index (χ4n) is 5.76. The summed E-state index contributed by atoms with van der Waals surface area (Å²) in [5.74, 6) is -5.22. The Morgan fingerprint density at radius 2 is 1.80 bits per heavy atom. The third kappa shape index (κ3) is 4.33. The Morgan fingerprint density at radius 3 is 2.34 bits per heavy atom. The Labute approximate surface area is 200 Å². The van der Waals surface area contributed by atoms with Crippen LogP contribution in [0.3, 0.4) is 0 Å². The molecule has 3 aliphatic rings. The average molecular weight is 512 g/mol. The van der Waals surface area contributed by atoms with Gasteiger partial charge in [0.05, 0.1) is 30.0 Å². The summed E-state index contributed by atoms with van der Waals surface area (Å²) in [7, 11) is -4.01. The van der Waals surface area contributed by atoms with Gasteiger partial charge in [-0.1, -0.05) is 6.07 Å². The smallest absolute Gasteiger partial charge is 0.283 e. The van der Waals surface area contributed by atoms with E-state index >= 15 is 8.78 Å². The molecule has 1 aromatic heterocycles. The molecule has 5 rings (SSSR count). The lowest BCUT2D eigenvalue weighted by Gasteiger charge is -2.58. The number of fused-ring (bicyclic) bond motifs is 1. The van der Waals surface area contributed by atoms with Crippen molar-refractivity contribution in [2.75, 3.05) is 12.8 Å². The predicted octanol–water partition coefficient (Wildman–Crippen LogP) is 3.52. The Bertz CT molecular complexity index is 1260. The molecule has 2 saturated carbocycles. The number of hydrogen-bond donors (Lipinski definition) is 1. The van der Waals surface area contributed by atoms with E-state index in [1.54, 1.807) is 12.1 Å². The van der Waals surface area contributed by atoms with Gasteiger partial charge in [0.1, 0.15) is 17.7 Å². The van der Waals surface area contributed by atoms with Crippen LogP contribution in [0, 0.1) is 23.0 Å². The maximum atomic E-state index is 15.1. The molecule has 1 amide bonds. The zero-order valence-corrected chi connectivity index (χ0v) is 19.8. The SMILES string of the molecule is CS(=O)(=O)N[C@@H]1[C@H](Cc2cccc(-c3cc(F)cc(F)c3)n2)N(C(=O)C23CCC2CC3)CC1(F)F. The highest BCUT2D eigenvalue weighted by atomic mass is 32.2. The molecule has 35 heavy (non-hydrogen) atoms. The average Bonchev–Trinajstić information content (AvgIpc) is 2.98. The molecule has 6 nitrogen and oxygen atoms in total. The van der Waals surface area contributed by atoms with E-state index in [2.05, 4.69) is 4.98 Å². The molecule has 188 valence electrons. The standard InChI is InChI=1S/C24H25F4N3O3S/c1-35(33,34)30-21-20(31(13-24(21,27)28)22(32)23-7-5-15(23)6-8-23)12-18-3-2-4-19(29-18)14-9-16(25)11-17(26)10-14/h2-4,9-11,15,20-21,30H,5-8,12-13H2,1H3/t15?,20-,21+,23?/m0/s1. The van der Waals surface area contributed by atoms with Gasteiger partial charge in [-0.2, -0.15) is 0 Å². The van der Waals surface area contributed by atoms with Crippen molar-refractivity contribution in [2.45, 2.75) is 50.1 Å². The Balaban J connectivity index is 1.49. The number of likely N-dealkylation sites (tertiary alicyclic amines) is 1. The van der Waals surface area contributed by atoms with Crippen molar-refractivity contribution in [2.24, 2.45) is 11.3 Å². The van der Waals surface area contributed by atoms with Crippen LogP contribution >= 0.6 is 0 Å². The second-order valence-corrected chi connectivity index (χ2v) is 11.7. The second-order valence-electron chi connectivity index (χ2n) is 9.94. The Hall–Kier alpha value is -2.53. The number of amides is 1. The largest absolute Gasteiger partial charge is 0.331 e. The lowest BCUT2D eigenvalue weighted by Crippen LogP contribution is -2.61. The zero-order chi connectivity index (χ0) is 25.2. The number of rotatable bonds is 6. The summed E-state index contributed by atoms with van der Waals surface area (Å²) in [6, 6.07) is 4.61. The third-order valence-corrected chi connectivity index (χ3v) is 8.37. The molecule has 0 radical (unpaired) electrons. The lowest BCUT2D eigenvalue weighted by molar-refractivity contribution is -0.171. The maximum Gasteiger partial charge on any atom is 0.283 e. The predicted molar refractivity (Wildman–Crippen MR) is 120 cm³/mol. The van der Waals surface area contributed by atoms with Gasteiger partial charge in [0.25, 0.3) is 5.92 Å². The number of pyridine rings is 1. The molecule has 2 atom stereocenters. The van der Waals surface area contributed by atoms with Crippen LogP contribution in [0.4, 0.5) is 17.6 Å². The first-order valence-corrected chi connectivity index (χ1v) is 13.4. The highest BCUT2D eigenvalue weighted by Gasteiger charge is 2.64. The van der Waals surface area contributed by atoms with Crippen molar-refractivity contribution in [1.29, 1.82) is 0 Å². The minimum Gasteiger partial charge on any atom is -0.331 e. The summed E-state index contributed by atoms with van der Waals surface area (Å²) in [6.45, 7) is -0.882. The van der Waals surface area contributed by atoms with Crippen LogP contribution in [-0.2, 0) is 21.2 Å². The van der Waals surface area contributed by atoms with Crippen LogP contribution in [-0.4, -0.2) is 55.0 Å². The van der Waals surface area contributed by atoms with E-state index in [0.717, 1.165) is 42.2 Å². The molecule has 11 heteroatoms. The van der Waals surface area contributed by atoms with Gasteiger partial charge in [-0.25, -0.2) is 30.7 Å². The molecule has 1 N–H and O–H groups in total. The normalized spacial score (nSPS) is 29.3. The van der Waals surface area contributed by atoms with Gasteiger partial charge in [0.15, 0.2) is 0 Å². The molecule has 3 fully saturated rings. The molecule has 2 aromatic rings. The van der Waals surface area contributed by atoms with Gasteiger partial charge in [-0.05, 0) is 55.9 Å². The fraction of sp³-hybridized carbons (Fsp3) is 0.500. The van der Waals surface area contributed by atoms with Crippen molar-refractivity contribution >= 4 is 15.9 Å². The molecule has 2 heterocycles. The van der Waals surface area contributed by atoms with Crippen LogP contribution in [0.1, 0.15) is 31.4 Å². The molecule has 0 unspecified atom stereocenters. The zero-order valence-electron chi connectivity index (χ0n) is 19.0. The van der Waals surface area contributed by atoms with E-state index in [0.29, 0.717) is 18.5 Å². The highest BCUT2D eigenvalue weighted by molar-refractivity contribution is 7.88. The first kappa shape index (κ1) is 24.2. The van der Waals surface area contributed by atoms with Crippen LogP contribution in [0.15, 0.2) is 36.4 Å². The van der Waals surface area contributed by atoms with Crippen molar-refractivity contribution in [3.05, 3.63) is 53.7 Å². The molecule has 1 saturated heterocycles. The number of benzene rings is 1. The number of carbonyl (C=O) groups excluding carboxylic acids is 1. The molecule has 1 aromatic carbocycles. The number of carbonyl (C=O) groups is 1. The van der Waals surface area contributed by atoms with Crippen molar-refractivity contribution < 1.29 is 30.8 Å². The van der Waals surface area contributed by atoms with Crippen LogP contribution in [0.5, 0.6) is 0 Å². The number of nitrogens with one attached hydrogen (secondary N) is 1. The Kier molecular flexibility index (Phi) is 5.71. The number of sulfonamides is 1. The van der Waals surface area contributed by atoms with Gasteiger partial charge in [0.2, 0.25) is 15.9 Å². The summed E-state index contributed by atoms with van der Waals surface area (Å²) in [5, 5.41) is 0. The first-order valence-electron chi connectivity index (χ1n) is 11.5. The van der Waals surface area contributed by atoms with E-state index in [9.17, 15) is 22.0 Å². The summed E-state index contributed by atoms with van der Waals surface area (Å²) < 4.78 is 83.6. The van der Waals surface area contributed by atoms with Crippen LogP contribution in [0.2, 0.25) is 0 Å². The van der Waals surface area contributed by atoms with E-state index in [4.69, 9.17) is 0 Å². The van der Waals surface area contributed by atoms with Crippen molar-refractivity contribution in [3.63, 3.8) is 0 Å². The number of alkyl halides is 2.